The lowest BCUT2D eigenvalue weighted by Crippen LogP contribution is -2.38. The highest BCUT2D eigenvalue weighted by atomic mass is 16.6. The fraction of sp³-hybridized carbons (Fsp3) is 0.211. The lowest BCUT2D eigenvalue weighted by molar-refractivity contribution is -0.153. The summed E-state index contributed by atoms with van der Waals surface area (Å²) in [6.45, 7) is 1.02. The highest BCUT2D eigenvalue weighted by Crippen LogP contribution is 2.31. The van der Waals surface area contributed by atoms with Crippen molar-refractivity contribution >= 4 is 23.3 Å². The summed E-state index contributed by atoms with van der Waals surface area (Å²) in [5, 5.41) is 2.61. The van der Waals surface area contributed by atoms with Gasteiger partial charge >= 0.3 is 5.97 Å². The summed E-state index contributed by atoms with van der Waals surface area (Å²) in [7, 11) is 0. The summed E-state index contributed by atoms with van der Waals surface area (Å²) in [5.74, 6) is -0.200. The highest BCUT2D eigenvalue weighted by molar-refractivity contribution is 5.98. The molecule has 0 bridgehead atoms. The monoisotopic (exact) mass is 355 g/mol. The minimum atomic E-state index is -0.917. The second-order valence-electron chi connectivity index (χ2n) is 5.65. The highest BCUT2D eigenvalue weighted by Gasteiger charge is 2.29. The number of ketones is 1. The zero-order valence-electron chi connectivity index (χ0n) is 14.1. The lowest BCUT2D eigenvalue weighted by atomic mass is 10.1. The maximum atomic E-state index is 12.1. The first-order chi connectivity index (χ1) is 12.5. The van der Waals surface area contributed by atoms with Crippen LogP contribution in [-0.4, -0.2) is 37.0 Å². The summed E-state index contributed by atoms with van der Waals surface area (Å²) in [4.78, 5) is 35.2. The molecule has 1 N–H and O–H groups in total. The number of hydrogen-bond donors (Lipinski definition) is 1. The van der Waals surface area contributed by atoms with Gasteiger partial charge in [-0.25, -0.2) is 4.79 Å². The Labute approximate surface area is 149 Å². The second-order valence-corrected chi connectivity index (χ2v) is 5.65. The van der Waals surface area contributed by atoms with E-state index in [9.17, 15) is 14.4 Å². The van der Waals surface area contributed by atoms with E-state index in [-0.39, 0.29) is 18.3 Å². The predicted molar refractivity (Wildman–Crippen MR) is 92.4 cm³/mol. The number of carbonyl (C=O) groups excluding carboxylic acids is 3. The average molecular weight is 355 g/mol. The largest absolute Gasteiger partial charge is 0.485 e. The molecular formula is C19H17NO6. The number of benzene rings is 2. The molecule has 2 aromatic carbocycles. The summed E-state index contributed by atoms with van der Waals surface area (Å²) >= 11 is 0. The van der Waals surface area contributed by atoms with E-state index in [2.05, 4.69) is 5.32 Å². The third kappa shape index (κ3) is 4.18. The number of Topliss-reactive ketones (excluding diaryl/α,β-unsaturated/α-hetero) is 1. The predicted octanol–water partition coefficient (Wildman–Crippen LogP) is 2.21. The number of ether oxygens (including phenoxy) is 3. The molecule has 1 aliphatic rings. The molecule has 26 heavy (non-hydrogen) atoms. The Balaban J connectivity index is 1.53. The van der Waals surface area contributed by atoms with Crippen LogP contribution in [0.1, 0.15) is 17.3 Å². The molecule has 0 saturated heterocycles. The first-order valence-electron chi connectivity index (χ1n) is 7.99. The fourth-order valence-corrected chi connectivity index (χ4v) is 2.39. The number of hydrogen-bond acceptors (Lipinski definition) is 6. The molecule has 1 amide bonds. The van der Waals surface area contributed by atoms with Crippen molar-refractivity contribution in [2.75, 3.05) is 18.5 Å². The van der Waals surface area contributed by atoms with Crippen molar-refractivity contribution in [1.29, 1.82) is 0 Å². The van der Waals surface area contributed by atoms with Gasteiger partial charge in [0, 0.05) is 18.2 Å². The van der Waals surface area contributed by atoms with Crippen molar-refractivity contribution in [3.8, 4) is 11.5 Å². The van der Waals surface area contributed by atoms with Gasteiger partial charge in [-0.2, -0.15) is 0 Å². The van der Waals surface area contributed by atoms with E-state index in [1.54, 1.807) is 48.5 Å². The summed E-state index contributed by atoms with van der Waals surface area (Å²) in [6, 6.07) is 13.3. The van der Waals surface area contributed by atoms with E-state index in [0.29, 0.717) is 22.7 Å². The van der Waals surface area contributed by atoms with Crippen molar-refractivity contribution in [2.45, 2.75) is 13.0 Å². The van der Waals surface area contributed by atoms with Crippen LogP contribution in [0.4, 0.5) is 5.69 Å². The number of amides is 1. The molecule has 1 unspecified atom stereocenters. The van der Waals surface area contributed by atoms with Gasteiger partial charge in [0.1, 0.15) is 6.61 Å². The Morgan fingerprint density at radius 2 is 1.77 bits per heavy atom. The quantitative estimate of drug-likeness (QED) is 0.653. The van der Waals surface area contributed by atoms with Gasteiger partial charge in [0.2, 0.25) is 12.0 Å². The van der Waals surface area contributed by atoms with Crippen LogP contribution in [0.3, 0.4) is 0 Å². The van der Waals surface area contributed by atoms with Crippen LogP contribution in [0.25, 0.3) is 0 Å². The van der Waals surface area contributed by atoms with Crippen LogP contribution in [0.5, 0.6) is 11.5 Å². The van der Waals surface area contributed by atoms with Crippen LogP contribution < -0.4 is 14.8 Å². The van der Waals surface area contributed by atoms with Crippen LogP contribution in [0.15, 0.2) is 48.5 Å². The van der Waals surface area contributed by atoms with E-state index in [1.807, 2.05) is 0 Å². The summed E-state index contributed by atoms with van der Waals surface area (Å²) in [6.07, 6.45) is -0.917. The van der Waals surface area contributed by atoms with Crippen LogP contribution in [0.2, 0.25) is 0 Å². The molecule has 7 heteroatoms. The molecule has 1 aliphatic heterocycles. The van der Waals surface area contributed by atoms with Crippen molar-refractivity contribution in [3.05, 3.63) is 54.1 Å². The smallest absolute Gasteiger partial charge is 0.351 e. The number of rotatable bonds is 5. The van der Waals surface area contributed by atoms with Gasteiger partial charge in [-0.1, -0.05) is 12.1 Å². The standard InChI is InChI=1S/C19H17NO6/c1-12(21)20-14-8-6-13(7-9-14)15(22)10-25-19(23)18-11-24-16-4-2-3-5-17(16)26-18/h2-9,18H,10-11H2,1H3,(H,20,21). The van der Waals surface area contributed by atoms with Gasteiger partial charge in [-0.05, 0) is 36.4 Å². The zero-order valence-corrected chi connectivity index (χ0v) is 14.1. The molecule has 0 fully saturated rings. The van der Waals surface area contributed by atoms with E-state index in [4.69, 9.17) is 14.2 Å². The number of anilines is 1. The Morgan fingerprint density at radius 1 is 1.08 bits per heavy atom. The SMILES string of the molecule is CC(=O)Nc1ccc(C(=O)COC(=O)C2COc3ccccc3O2)cc1. The van der Waals surface area contributed by atoms with Crippen LogP contribution in [-0.2, 0) is 14.3 Å². The fourth-order valence-electron chi connectivity index (χ4n) is 2.39. The summed E-state index contributed by atoms with van der Waals surface area (Å²) < 4.78 is 16.0. The molecule has 1 atom stereocenters. The number of esters is 1. The second kappa shape index (κ2) is 7.69. The molecule has 0 aromatic heterocycles. The Kier molecular flexibility index (Phi) is 5.17. The molecule has 0 aliphatic carbocycles. The number of para-hydroxylation sites is 2. The van der Waals surface area contributed by atoms with Gasteiger partial charge in [0.15, 0.2) is 23.9 Å². The first kappa shape index (κ1) is 17.5. The van der Waals surface area contributed by atoms with Gasteiger partial charge in [-0.3, -0.25) is 9.59 Å². The van der Waals surface area contributed by atoms with E-state index >= 15 is 0 Å². The molecule has 2 aromatic rings. The molecule has 3 rings (SSSR count). The minimum absolute atomic E-state index is 0.0233. The van der Waals surface area contributed by atoms with Gasteiger partial charge in [0.05, 0.1) is 0 Å². The molecule has 0 spiro atoms. The Morgan fingerprint density at radius 3 is 2.46 bits per heavy atom. The van der Waals surface area contributed by atoms with E-state index < -0.39 is 18.7 Å². The number of carbonyl (C=O) groups is 3. The Bertz CT molecular complexity index is 830. The first-order valence-corrected chi connectivity index (χ1v) is 7.99. The van der Waals surface area contributed by atoms with Crippen molar-refractivity contribution in [1.82, 2.24) is 0 Å². The molecule has 0 saturated carbocycles. The number of fused-ring (bicyclic) bond motifs is 1. The molecule has 134 valence electrons. The topological polar surface area (TPSA) is 90.9 Å². The van der Waals surface area contributed by atoms with Crippen molar-refractivity contribution in [3.63, 3.8) is 0 Å². The minimum Gasteiger partial charge on any atom is -0.485 e. The van der Waals surface area contributed by atoms with E-state index in [0.717, 1.165) is 0 Å². The Hall–Kier alpha value is -3.35. The average Bonchev–Trinajstić information content (AvgIpc) is 2.65. The van der Waals surface area contributed by atoms with Gasteiger partial charge in [-0.15, -0.1) is 0 Å². The third-order valence-electron chi connectivity index (χ3n) is 3.64. The molecule has 0 radical (unpaired) electrons. The summed E-state index contributed by atoms with van der Waals surface area (Å²) in [5.41, 5.74) is 0.954. The van der Waals surface area contributed by atoms with Crippen molar-refractivity contribution < 1.29 is 28.6 Å². The van der Waals surface area contributed by atoms with Gasteiger partial charge < -0.3 is 19.5 Å². The third-order valence-corrected chi connectivity index (χ3v) is 3.64. The number of nitrogens with one attached hydrogen (secondary N) is 1. The molecule has 1 heterocycles. The molecular weight excluding hydrogens is 338 g/mol. The van der Waals surface area contributed by atoms with Crippen molar-refractivity contribution in [2.24, 2.45) is 0 Å². The normalized spacial score (nSPS) is 15.0. The zero-order chi connectivity index (χ0) is 18.5. The van der Waals surface area contributed by atoms with Gasteiger partial charge in [0.25, 0.3) is 0 Å². The van der Waals surface area contributed by atoms with E-state index in [1.165, 1.54) is 6.92 Å². The maximum Gasteiger partial charge on any atom is 0.351 e. The van der Waals surface area contributed by atoms with Crippen LogP contribution >= 0.6 is 0 Å². The molecule has 7 nitrogen and oxygen atoms in total. The lowest BCUT2D eigenvalue weighted by Gasteiger charge is -2.24. The van der Waals surface area contributed by atoms with Crippen LogP contribution in [0, 0.1) is 0 Å². The maximum absolute atomic E-state index is 12.1.